The van der Waals surface area contributed by atoms with E-state index < -0.39 is 5.97 Å². The minimum absolute atomic E-state index is 0.00158. The van der Waals surface area contributed by atoms with Gasteiger partial charge in [-0.2, -0.15) is 0 Å². The highest BCUT2D eigenvalue weighted by atomic mass is 16.9. The average molecular weight is 763 g/mol. The zero-order valence-electron chi connectivity index (χ0n) is 32.9. The van der Waals surface area contributed by atoms with Gasteiger partial charge in [0, 0.05) is 69.5 Å². The molecule has 13 heteroatoms. The molecule has 294 valence electrons. The number of amides is 3. The predicted molar refractivity (Wildman–Crippen MR) is 213 cm³/mol. The van der Waals surface area contributed by atoms with Gasteiger partial charge in [0.15, 0.2) is 0 Å². The highest BCUT2D eigenvalue weighted by Gasteiger charge is 2.25. The zero-order valence-corrected chi connectivity index (χ0v) is 32.9. The van der Waals surface area contributed by atoms with Gasteiger partial charge >= 0.3 is 0 Å². The van der Waals surface area contributed by atoms with Crippen LogP contribution >= 0.6 is 0 Å². The Labute approximate surface area is 327 Å². The molecule has 13 nitrogen and oxygen atoms in total. The van der Waals surface area contributed by atoms with Gasteiger partial charge in [-0.1, -0.05) is 36.4 Å². The molecule has 0 radical (unpaired) electrons. The van der Waals surface area contributed by atoms with Crippen LogP contribution in [0.2, 0.25) is 0 Å². The molecule has 5 N–H and O–H groups in total. The van der Waals surface area contributed by atoms with Gasteiger partial charge in [0.25, 0.3) is 23.7 Å². The highest BCUT2D eigenvalue weighted by molar-refractivity contribution is 5.97. The summed E-state index contributed by atoms with van der Waals surface area (Å²) in [5, 5.41) is 13.9. The van der Waals surface area contributed by atoms with E-state index in [1.54, 1.807) is 26.0 Å². The lowest BCUT2D eigenvalue weighted by molar-refractivity contribution is -0.340. The SMILES string of the molecule is COC(C)(OC)OC.Cc1ccc(C(=O)NC2CC2)cc1-c1ccc(C(=O)NN)cc1.Cc1nnc(-c2ccc(-c3cc(C(=O)NC4CC4)ccc3C)cc2)o1. The van der Waals surface area contributed by atoms with Crippen LogP contribution in [0.1, 0.15) is 80.7 Å². The number of carbonyl (C=O) groups is 3. The first-order valence-corrected chi connectivity index (χ1v) is 18.4. The number of nitrogens with one attached hydrogen (secondary N) is 3. The Morgan fingerprint density at radius 2 is 1.04 bits per heavy atom. The number of hydrazine groups is 1. The standard InChI is InChI=1S/C20H19N3O2.C18H19N3O2.C5H12O3/c1-12-3-4-16(19(24)21-17-9-10-17)11-18(12)14-5-7-15(8-6-14)20-23-22-13(2)25-20;1-11-2-3-14(17(22)20-15-8-9-15)10-16(11)12-4-6-13(7-5-12)18(23)21-19;1-5(6-2,7-3)8-4/h3-8,11,17H,9-10H2,1-2H3,(H,21,24);2-7,10,15H,8-9,19H2,1H3,(H,20,22)(H,21,23);1-4H3. The van der Waals surface area contributed by atoms with Crippen LogP contribution in [0.3, 0.4) is 0 Å². The first kappa shape index (κ1) is 41.4. The molecule has 1 heterocycles. The number of ether oxygens (including phenoxy) is 3. The third-order valence-corrected chi connectivity index (χ3v) is 9.50. The highest BCUT2D eigenvalue weighted by Crippen LogP contribution is 2.29. The van der Waals surface area contributed by atoms with E-state index in [0.29, 0.717) is 40.6 Å². The van der Waals surface area contributed by atoms with Gasteiger partial charge in [-0.25, -0.2) is 5.84 Å². The Bertz CT molecular complexity index is 2110. The Morgan fingerprint density at radius 1 is 0.625 bits per heavy atom. The lowest BCUT2D eigenvalue weighted by Crippen LogP contribution is -2.31. The summed E-state index contributed by atoms with van der Waals surface area (Å²) in [6, 6.07) is 27.3. The molecule has 0 spiro atoms. The lowest BCUT2D eigenvalue weighted by Gasteiger charge is -2.23. The largest absolute Gasteiger partial charge is 0.421 e. The smallest absolute Gasteiger partial charge is 0.279 e. The van der Waals surface area contributed by atoms with Gasteiger partial charge in [-0.15, -0.1) is 10.2 Å². The Balaban J connectivity index is 0.000000181. The second-order valence-electron chi connectivity index (χ2n) is 13.8. The first-order valence-electron chi connectivity index (χ1n) is 18.4. The summed E-state index contributed by atoms with van der Waals surface area (Å²) in [4.78, 5) is 36.0. The van der Waals surface area contributed by atoms with E-state index in [-0.39, 0.29) is 17.7 Å². The first-order chi connectivity index (χ1) is 26.9. The molecule has 2 saturated carbocycles. The summed E-state index contributed by atoms with van der Waals surface area (Å²) >= 11 is 0. The van der Waals surface area contributed by atoms with E-state index in [1.165, 1.54) is 21.3 Å². The minimum Gasteiger partial charge on any atom is -0.421 e. The van der Waals surface area contributed by atoms with Crippen molar-refractivity contribution in [3.05, 3.63) is 119 Å². The van der Waals surface area contributed by atoms with E-state index in [1.807, 2.05) is 86.6 Å². The molecule has 2 aliphatic rings. The third kappa shape index (κ3) is 11.2. The van der Waals surface area contributed by atoms with Crippen LogP contribution < -0.4 is 21.9 Å². The minimum atomic E-state index is -0.875. The fraction of sp³-hybridized carbons (Fsp3) is 0.326. The maximum atomic E-state index is 12.3. The number of aromatic nitrogens is 2. The van der Waals surface area contributed by atoms with Crippen LogP contribution in [0.15, 0.2) is 89.3 Å². The molecule has 2 fully saturated rings. The van der Waals surface area contributed by atoms with Gasteiger partial charge in [0.2, 0.25) is 11.8 Å². The van der Waals surface area contributed by atoms with Gasteiger partial charge in [-0.3, -0.25) is 19.8 Å². The summed E-state index contributed by atoms with van der Waals surface area (Å²) in [7, 11) is 4.56. The molecule has 5 aromatic rings. The van der Waals surface area contributed by atoms with Crippen LogP contribution in [0.25, 0.3) is 33.7 Å². The van der Waals surface area contributed by atoms with Crippen LogP contribution in [0.4, 0.5) is 0 Å². The molecule has 0 unspecified atom stereocenters. The zero-order chi connectivity index (χ0) is 40.4. The van der Waals surface area contributed by atoms with Gasteiger partial charge in [-0.05, 0) is 121 Å². The van der Waals surface area contributed by atoms with Gasteiger partial charge in [0.1, 0.15) is 0 Å². The number of benzene rings is 4. The number of hydrogen-bond acceptors (Lipinski definition) is 10. The number of nitrogens with two attached hydrogens (primary N) is 1. The number of rotatable bonds is 11. The van der Waals surface area contributed by atoms with E-state index in [0.717, 1.165) is 64.6 Å². The molecule has 4 aromatic carbocycles. The van der Waals surface area contributed by atoms with Crippen molar-refractivity contribution in [3.63, 3.8) is 0 Å². The van der Waals surface area contributed by atoms with Crippen LogP contribution in [0.5, 0.6) is 0 Å². The third-order valence-electron chi connectivity index (χ3n) is 9.50. The molecule has 0 saturated heterocycles. The van der Waals surface area contributed by atoms with E-state index >= 15 is 0 Å². The Hall–Kier alpha value is -5.73. The summed E-state index contributed by atoms with van der Waals surface area (Å²) in [5.41, 5.74) is 11.1. The van der Waals surface area contributed by atoms with Crippen molar-refractivity contribution in [2.45, 2.75) is 71.4 Å². The van der Waals surface area contributed by atoms with Crippen molar-refractivity contribution in [1.82, 2.24) is 26.3 Å². The van der Waals surface area contributed by atoms with Crippen molar-refractivity contribution in [1.29, 1.82) is 0 Å². The van der Waals surface area contributed by atoms with Crippen molar-refractivity contribution in [2.75, 3.05) is 21.3 Å². The Morgan fingerprint density at radius 3 is 1.39 bits per heavy atom. The van der Waals surface area contributed by atoms with Gasteiger partial charge < -0.3 is 29.3 Å². The summed E-state index contributed by atoms with van der Waals surface area (Å²) in [5.74, 6) is 4.95. The average Bonchev–Trinajstić information content (AvgIpc) is 4.17. The maximum absolute atomic E-state index is 12.3. The molecule has 0 aliphatic heterocycles. The Kier molecular flexibility index (Phi) is 13.9. The molecule has 2 aliphatic carbocycles. The lowest BCUT2D eigenvalue weighted by atomic mass is 9.97. The molecular weight excluding hydrogens is 713 g/mol. The predicted octanol–water partition coefficient (Wildman–Crippen LogP) is 6.67. The van der Waals surface area contributed by atoms with E-state index in [2.05, 4.69) is 26.3 Å². The van der Waals surface area contributed by atoms with Crippen LogP contribution in [0, 0.1) is 20.8 Å². The molecule has 0 bridgehead atoms. The second-order valence-corrected chi connectivity index (χ2v) is 13.8. The number of hydrogen-bond donors (Lipinski definition) is 4. The molecular formula is C43H50N6O7. The van der Waals surface area contributed by atoms with Crippen molar-refractivity contribution >= 4 is 17.7 Å². The quantitative estimate of drug-likeness (QED) is 0.0492. The summed E-state index contributed by atoms with van der Waals surface area (Å²) < 4.78 is 19.8. The number of methoxy groups -OCH3 is 3. The fourth-order valence-corrected chi connectivity index (χ4v) is 5.48. The summed E-state index contributed by atoms with van der Waals surface area (Å²) in [6.07, 6.45) is 4.30. The van der Waals surface area contributed by atoms with E-state index in [9.17, 15) is 14.4 Å². The molecule has 0 atom stereocenters. The normalized spacial score (nSPS) is 13.4. The molecule has 56 heavy (non-hydrogen) atoms. The van der Waals surface area contributed by atoms with Crippen LogP contribution in [-0.4, -0.2) is 67.3 Å². The van der Waals surface area contributed by atoms with E-state index in [4.69, 9.17) is 24.5 Å². The topological polar surface area (TPSA) is 180 Å². The summed E-state index contributed by atoms with van der Waals surface area (Å²) in [6.45, 7) is 7.50. The molecule has 7 rings (SSSR count). The maximum Gasteiger partial charge on any atom is 0.279 e. The fourth-order valence-electron chi connectivity index (χ4n) is 5.48. The molecule has 3 amide bonds. The van der Waals surface area contributed by atoms with Crippen molar-refractivity contribution in [3.8, 4) is 33.7 Å². The molecule has 1 aromatic heterocycles. The van der Waals surface area contributed by atoms with Gasteiger partial charge in [0.05, 0.1) is 0 Å². The van der Waals surface area contributed by atoms with Crippen molar-refractivity contribution < 1.29 is 33.0 Å². The number of nitrogen functional groups attached to an aromatic ring is 1. The number of aryl methyl sites for hydroxylation is 3. The number of nitrogens with zero attached hydrogens (tertiary/aromatic N) is 2. The second kappa shape index (κ2) is 18.7. The van der Waals surface area contributed by atoms with Crippen molar-refractivity contribution in [2.24, 2.45) is 5.84 Å². The number of carbonyl (C=O) groups excluding carboxylic acids is 3. The van der Waals surface area contributed by atoms with Crippen LogP contribution in [-0.2, 0) is 14.2 Å². The monoisotopic (exact) mass is 762 g/mol.